The zero-order chi connectivity index (χ0) is 20.6. The summed E-state index contributed by atoms with van der Waals surface area (Å²) < 4.78 is 35.2. The molecule has 0 aliphatic carbocycles. The number of aryl methyl sites for hydroxylation is 2. The van der Waals surface area contributed by atoms with E-state index in [-0.39, 0.29) is 6.04 Å². The molecule has 0 N–H and O–H groups in total. The Morgan fingerprint density at radius 3 is 2.59 bits per heavy atom. The predicted molar refractivity (Wildman–Crippen MR) is 111 cm³/mol. The molecular formula is C21H26N4O3S. The van der Waals surface area contributed by atoms with E-state index in [0.29, 0.717) is 37.4 Å². The van der Waals surface area contributed by atoms with Crippen molar-refractivity contribution in [1.29, 1.82) is 0 Å². The average Bonchev–Trinajstić information content (AvgIpc) is 3.08. The van der Waals surface area contributed by atoms with Gasteiger partial charge in [-0.1, -0.05) is 6.07 Å². The van der Waals surface area contributed by atoms with Gasteiger partial charge in [0.2, 0.25) is 10.0 Å². The van der Waals surface area contributed by atoms with E-state index in [4.69, 9.17) is 4.74 Å². The van der Waals surface area contributed by atoms with E-state index in [1.165, 1.54) is 0 Å². The number of methoxy groups -OCH3 is 1. The van der Waals surface area contributed by atoms with Gasteiger partial charge in [0.05, 0.1) is 4.90 Å². The lowest BCUT2D eigenvalue weighted by Gasteiger charge is -2.32. The monoisotopic (exact) mass is 414 g/mol. The molecule has 1 saturated heterocycles. The van der Waals surface area contributed by atoms with Gasteiger partial charge < -0.3 is 9.30 Å². The number of fused-ring (bicyclic) bond motifs is 1. The molecule has 154 valence electrons. The number of hydrogen-bond acceptors (Lipinski definition) is 5. The molecule has 1 fully saturated rings. The summed E-state index contributed by atoms with van der Waals surface area (Å²) in [4.78, 5) is 9.53. The number of aromatic nitrogens is 3. The van der Waals surface area contributed by atoms with Crippen LogP contribution in [0.1, 0.15) is 35.8 Å². The van der Waals surface area contributed by atoms with E-state index in [0.717, 1.165) is 28.1 Å². The van der Waals surface area contributed by atoms with Crippen LogP contribution in [0.5, 0.6) is 0 Å². The lowest BCUT2D eigenvalue weighted by molar-refractivity contribution is 0.168. The second-order valence-corrected chi connectivity index (χ2v) is 9.50. The molecule has 7 nitrogen and oxygen atoms in total. The Kier molecular flexibility index (Phi) is 5.42. The number of hydrogen-bond donors (Lipinski definition) is 0. The van der Waals surface area contributed by atoms with Gasteiger partial charge in [-0.2, -0.15) is 4.31 Å². The van der Waals surface area contributed by atoms with Crippen LogP contribution in [-0.2, 0) is 21.4 Å². The van der Waals surface area contributed by atoms with E-state index in [1.54, 1.807) is 29.7 Å². The Labute approximate surface area is 171 Å². The third-order valence-corrected chi connectivity index (χ3v) is 7.59. The Balaban J connectivity index is 1.58. The summed E-state index contributed by atoms with van der Waals surface area (Å²) >= 11 is 0. The van der Waals surface area contributed by atoms with Crippen LogP contribution in [0.4, 0.5) is 0 Å². The molecule has 0 saturated carbocycles. The molecule has 0 unspecified atom stereocenters. The first kappa shape index (κ1) is 20.0. The molecule has 0 spiro atoms. The Hall–Kier alpha value is -2.29. The second kappa shape index (κ2) is 7.85. The fourth-order valence-corrected chi connectivity index (χ4v) is 5.51. The minimum Gasteiger partial charge on any atom is -0.377 e. The summed E-state index contributed by atoms with van der Waals surface area (Å²) in [5.41, 5.74) is 3.74. The first-order valence-corrected chi connectivity index (χ1v) is 11.2. The van der Waals surface area contributed by atoms with Gasteiger partial charge in [0, 0.05) is 32.4 Å². The summed E-state index contributed by atoms with van der Waals surface area (Å²) in [5, 5.41) is 0. The summed E-state index contributed by atoms with van der Waals surface area (Å²) in [5.74, 6) is 0.830. The lowest BCUT2D eigenvalue weighted by atomic mass is 10.1. The van der Waals surface area contributed by atoms with Crippen molar-refractivity contribution in [3.63, 3.8) is 0 Å². The van der Waals surface area contributed by atoms with Crippen LogP contribution in [0.25, 0.3) is 11.2 Å². The highest BCUT2D eigenvalue weighted by Crippen LogP contribution is 2.31. The highest BCUT2D eigenvalue weighted by atomic mass is 32.2. The molecule has 8 heteroatoms. The number of pyridine rings is 1. The number of piperidine rings is 1. The maximum Gasteiger partial charge on any atom is 0.243 e. The van der Waals surface area contributed by atoms with Gasteiger partial charge in [-0.25, -0.2) is 18.4 Å². The topological polar surface area (TPSA) is 77.3 Å². The molecule has 4 rings (SSSR count). The van der Waals surface area contributed by atoms with Crippen LogP contribution in [0.2, 0.25) is 0 Å². The zero-order valence-electron chi connectivity index (χ0n) is 17.0. The van der Waals surface area contributed by atoms with Crippen molar-refractivity contribution in [1.82, 2.24) is 18.8 Å². The van der Waals surface area contributed by atoms with Crippen LogP contribution in [0.15, 0.2) is 41.4 Å². The molecule has 3 aromatic rings. The minimum absolute atomic E-state index is 0.145. The van der Waals surface area contributed by atoms with E-state index < -0.39 is 10.0 Å². The SMILES string of the molecule is COCc1nc2cccnc2n1C1CCN(S(=O)(=O)c2ccc(C)c(C)c2)CC1. The maximum atomic E-state index is 13.1. The number of benzene rings is 1. The number of ether oxygens (including phenoxy) is 1. The smallest absolute Gasteiger partial charge is 0.243 e. The standard InChI is InChI=1S/C21H26N4O3S/c1-15-6-7-18(13-16(15)2)29(26,27)24-11-8-17(9-12-24)25-20(14-28-3)23-19-5-4-10-22-21(19)25/h4-7,10,13,17H,8-9,11-12,14H2,1-3H3. The Morgan fingerprint density at radius 1 is 1.14 bits per heavy atom. The van der Waals surface area contributed by atoms with Gasteiger partial charge in [0.1, 0.15) is 17.9 Å². The van der Waals surface area contributed by atoms with E-state index in [1.807, 2.05) is 32.0 Å². The second-order valence-electron chi connectivity index (χ2n) is 7.56. The maximum absolute atomic E-state index is 13.1. The Bertz CT molecular complexity index is 1130. The van der Waals surface area contributed by atoms with Gasteiger partial charge in [-0.15, -0.1) is 0 Å². The van der Waals surface area contributed by atoms with Crippen LogP contribution in [0, 0.1) is 13.8 Å². The molecule has 0 atom stereocenters. The van der Waals surface area contributed by atoms with Crippen molar-refractivity contribution in [2.75, 3.05) is 20.2 Å². The minimum atomic E-state index is -3.49. The van der Waals surface area contributed by atoms with Crippen LogP contribution >= 0.6 is 0 Å². The van der Waals surface area contributed by atoms with Crippen molar-refractivity contribution in [2.45, 2.75) is 44.2 Å². The third kappa shape index (κ3) is 3.68. The predicted octanol–water partition coefficient (Wildman–Crippen LogP) is 3.22. The first-order valence-electron chi connectivity index (χ1n) is 9.80. The summed E-state index contributed by atoms with van der Waals surface area (Å²) in [7, 11) is -1.84. The Morgan fingerprint density at radius 2 is 1.90 bits per heavy atom. The molecule has 0 radical (unpaired) electrons. The molecule has 1 aromatic carbocycles. The van der Waals surface area contributed by atoms with Gasteiger partial charge >= 0.3 is 0 Å². The third-order valence-electron chi connectivity index (χ3n) is 5.70. The molecule has 29 heavy (non-hydrogen) atoms. The van der Waals surface area contributed by atoms with Crippen LogP contribution < -0.4 is 0 Å². The van der Waals surface area contributed by atoms with Crippen molar-refractivity contribution in [3.8, 4) is 0 Å². The van der Waals surface area contributed by atoms with Crippen LogP contribution in [-0.4, -0.2) is 47.5 Å². The number of sulfonamides is 1. The summed E-state index contributed by atoms with van der Waals surface area (Å²) in [6.07, 6.45) is 3.18. The summed E-state index contributed by atoms with van der Waals surface area (Å²) in [6.45, 7) is 5.27. The van der Waals surface area contributed by atoms with Gasteiger partial charge in [-0.3, -0.25) is 0 Å². The number of rotatable bonds is 5. The van der Waals surface area contributed by atoms with Crippen molar-refractivity contribution in [2.24, 2.45) is 0 Å². The molecule has 1 aliphatic rings. The average molecular weight is 415 g/mol. The fourth-order valence-electron chi connectivity index (χ4n) is 3.96. The largest absolute Gasteiger partial charge is 0.377 e. The first-order chi connectivity index (χ1) is 13.9. The van der Waals surface area contributed by atoms with Gasteiger partial charge in [-0.05, 0) is 62.1 Å². The quantitative estimate of drug-likeness (QED) is 0.641. The molecule has 1 aliphatic heterocycles. The number of imidazole rings is 1. The molecule has 0 amide bonds. The van der Waals surface area contributed by atoms with Crippen molar-refractivity contribution in [3.05, 3.63) is 53.5 Å². The molecule has 2 aromatic heterocycles. The zero-order valence-corrected chi connectivity index (χ0v) is 17.8. The van der Waals surface area contributed by atoms with Gasteiger partial charge in [0.15, 0.2) is 5.65 Å². The van der Waals surface area contributed by atoms with E-state index >= 15 is 0 Å². The summed E-state index contributed by atoms with van der Waals surface area (Å²) in [6, 6.07) is 9.29. The molecular weight excluding hydrogens is 388 g/mol. The highest BCUT2D eigenvalue weighted by Gasteiger charge is 2.31. The fraction of sp³-hybridized carbons (Fsp3) is 0.429. The number of nitrogens with zero attached hydrogens (tertiary/aromatic N) is 4. The highest BCUT2D eigenvalue weighted by molar-refractivity contribution is 7.89. The van der Waals surface area contributed by atoms with Crippen molar-refractivity contribution < 1.29 is 13.2 Å². The van der Waals surface area contributed by atoms with Gasteiger partial charge in [0.25, 0.3) is 0 Å². The normalized spacial score (nSPS) is 16.5. The van der Waals surface area contributed by atoms with E-state index in [2.05, 4.69) is 14.5 Å². The van der Waals surface area contributed by atoms with Crippen LogP contribution in [0.3, 0.4) is 0 Å². The van der Waals surface area contributed by atoms with E-state index in [9.17, 15) is 8.42 Å². The van der Waals surface area contributed by atoms with Crippen molar-refractivity contribution >= 4 is 21.2 Å². The molecule has 0 bridgehead atoms. The molecule has 3 heterocycles. The lowest BCUT2D eigenvalue weighted by Crippen LogP contribution is -2.39.